The Bertz CT molecular complexity index is 568. The summed E-state index contributed by atoms with van der Waals surface area (Å²) < 4.78 is 2.18. The predicted octanol–water partition coefficient (Wildman–Crippen LogP) is 1.93. The van der Waals surface area contributed by atoms with Gasteiger partial charge in [0.2, 0.25) is 0 Å². The molecule has 1 aromatic heterocycles. The lowest BCUT2D eigenvalue weighted by atomic mass is 10.0. The molecule has 1 aromatic carbocycles. The van der Waals surface area contributed by atoms with Gasteiger partial charge in [-0.3, -0.25) is 0 Å². The van der Waals surface area contributed by atoms with Crippen molar-refractivity contribution in [3.05, 3.63) is 29.6 Å². The average Bonchev–Trinajstić information content (AvgIpc) is 2.58. The number of imidazole rings is 1. The van der Waals surface area contributed by atoms with E-state index >= 15 is 0 Å². The van der Waals surface area contributed by atoms with E-state index in [1.54, 1.807) is 0 Å². The number of benzene rings is 1. The molecule has 0 saturated heterocycles. The maximum atomic E-state index is 8.93. The summed E-state index contributed by atoms with van der Waals surface area (Å²) in [5, 5.41) is 12.3. The molecule has 1 aliphatic rings. The molecule has 0 unspecified atom stereocenters. The first-order valence-corrected chi connectivity index (χ1v) is 4.98. The number of hydrogen-bond acceptors (Lipinski definition) is 3. The monoisotopic (exact) mass is 201 g/mol. The molecule has 0 saturated carbocycles. The number of hydrogen-bond donors (Lipinski definition) is 1. The highest BCUT2D eigenvalue weighted by atomic mass is 16.4. The van der Waals surface area contributed by atoms with Crippen LogP contribution in [0, 0.1) is 6.92 Å². The Labute approximate surface area is 86.8 Å². The van der Waals surface area contributed by atoms with Crippen molar-refractivity contribution < 1.29 is 5.21 Å². The smallest absolute Gasteiger partial charge is 0.106 e. The summed E-state index contributed by atoms with van der Waals surface area (Å²) in [5.74, 6) is 1.02. The zero-order chi connectivity index (χ0) is 10.4. The number of aryl methyl sites for hydroxylation is 2. The predicted molar refractivity (Wildman–Crippen MR) is 57.4 cm³/mol. The van der Waals surface area contributed by atoms with Crippen molar-refractivity contribution in [1.29, 1.82) is 0 Å². The van der Waals surface area contributed by atoms with Crippen LogP contribution in [-0.2, 0) is 6.54 Å². The van der Waals surface area contributed by atoms with Crippen LogP contribution in [-0.4, -0.2) is 20.5 Å². The molecule has 0 aliphatic carbocycles. The summed E-state index contributed by atoms with van der Waals surface area (Å²) in [4.78, 5) is 4.48. The third-order valence-corrected chi connectivity index (χ3v) is 2.96. The van der Waals surface area contributed by atoms with Gasteiger partial charge in [-0.2, -0.15) is 0 Å². The third-order valence-electron chi connectivity index (χ3n) is 2.96. The van der Waals surface area contributed by atoms with Crippen molar-refractivity contribution in [3.63, 3.8) is 0 Å². The highest BCUT2D eigenvalue weighted by molar-refractivity contribution is 6.10. The maximum Gasteiger partial charge on any atom is 0.106 e. The van der Waals surface area contributed by atoms with Crippen molar-refractivity contribution in [2.45, 2.75) is 19.9 Å². The number of oxime groups is 1. The van der Waals surface area contributed by atoms with Crippen LogP contribution in [0.5, 0.6) is 0 Å². The Morgan fingerprint density at radius 3 is 3.13 bits per heavy atom. The molecule has 0 amide bonds. The number of para-hydroxylation sites is 1. The Hall–Kier alpha value is -1.84. The topological polar surface area (TPSA) is 50.4 Å². The van der Waals surface area contributed by atoms with Crippen LogP contribution in [0.3, 0.4) is 0 Å². The molecule has 4 heteroatoms. The lowest BCUT2D eigenvalue weighted by Crippen LogP contribution is -2.15. The molecule has 4 nitrogen and oxygen atoms in total. The van der Waals surface area contributed by atoms with Gasteiger partial charge < -0.3 is 9.77 Å². The molecule has 1 N–H and O–H groups in total. The highest BCUT2D eigenvalue weighted by Gasteiger charge is 2.20. The van der Waals surface area contributed by atoms with Gasteiger partial charge in [-0.25, -0.2) is 4.98 Å². The lowest BCUT2D eigenvalue weighted by Gasteiger charge is -2.16. The first kappa shape index (κ1) is 8.47. The Balaban J connectivity index is 2.47. The molecule has 1 aliphatic heterocycles. The first-order chi connectivity index (χ1) is 7.31. The van der Waals surface area contributed by atoms with Gasteiger partial charge in [0.05, 0.1) is 16.7 Å². The Morgan fingerprint density at radius 1 is 1.47 bits per heavy atom. The molecule has 0 atom stereocenters. The van der Waals surface area contributed by atoms with Gasteiger partial charge in [0.15, 0.2) is 0 Å². The van der Waals surface area contributed by atoms with Gasteiger partial charge in [0, 0.05) is 18.5 Å². The minimum atomic E-state index is 0.757. The van der Waals surface area contributed by atoms with E-state index in [0.29, 0.717) is 0 Å². The summed E-state index contributed by atoms with van der Waals surface area (Å²) in [6, 6.07) is 5.92. The number of nitrogens with zero attached hydrogens (tertiary/aromatic N) is 3. The van der Waals surface area contributed by atoms with E-state index in [9.17, 15) is 0 Å². The molecule has 2 aromatic rings. The zero-order valence-electron chi connectivity index (χ0n) is 8.44. The van der Waals surface area contributed by atoms with Crippen LogP contribution < -0.4 is 0 Å². The molecule has 0 bridgehead atoms. The molecule has 2 heterocycles. The standard InChI is InChI=1S/C11H11N3O/c1-7-12-10-4-2-3-8-9(13-15)5-6-14(7)11(8)10/h2-4,15H,5-6H2,1H3/b13-9-. The van der Waals surface area contributed by atoms with Crippen LogP contribution in [0.1, 0.15) is 17.8 Å². The van der Waals surface area contributed by atoms with E-state index in [0.717, 1.165) is 41.1 Å². The van der Waals surface area contributed by atoms with Crippen LogP contribution >= 0.6 is 0 Å². The summed E-state index contributed by atoms with van der Waals surface area (Å²) >= 11 is 0. The number of aromatic nitrogens is 2. The summed E-state index contributed by atoms with van der Waals surface area (Å²) in [6.45, 7) is 2.85. The molecule has 15 heavy (non-hydrogen) atoms. The summed E-state index contributed by atoms with van der Waals surface area (Å²) in [5.41, 5.74) is 3.83. The summed E-state index contributed by atoms with van der Waals surface area (Å²) in [7, 11) is 0. The maximum absolute atomic E-state index is 8.93. The SMILES string of the molecule is Cc1nc2cccc3c2n1CC/C3=N/O. The molecule has 0 fully saturated rings. The second-order valence-electron chi connectivity index (χ2n) is 3.78. The quantitative estimate of drug-likeness (QED) is 0.523. The molecule has 0 radical (unpaired) electrons. The molecule has 3 rings (SSSR count). The van der Waals surface area contributed by atoms with Gasteiger partial charge in [0.25, 0.3) is 0 Å². The van der Waals surface area contributed by atoms with Gasteiger partial charge in [-0.1, -0.05) is 17.3 Å². The fraction of sp³-hybridized carbons (Fsp3) is 0.273. The van der Waals surface area contributed by atoms with E-state index in [4.69, 9.17) is 5.21 Å². The van der Waals surface area contributed by atoms with E-state index in [1.807, 2.05) is 25.1 Å². The van der Waals surface area contributed by atoms with E-state index in [2.05, 4.69) is 14.7 Å². The molecular formula is C11H11N3O. The Morgan fingerprint density at radius 2 is 2.33 bits per heavy atom. The molecule has 0 spiro atoms. The molecule has 76 valence electrons. The van der Waals surface area contributed by atoms with Crippen molar-refractivity contribution in [3.8, 4) is 0 Å². The Kier molecular flexibility index (Phi) is 1.59. The normalized spacial score (nSPS) is 17.5. The first-order valence-electron chi connectivity index (χ1n) is 4.98. The van der Waals surface area contributed by atoms with Gasteiger partial charge in [-0.15, -0.1) is 0 Å². The second-order valence-corrected chi connectivity index (χ2v) is 3.78. The highest BCUT2D eigenvalue weighted by Crippen LogP contribution is 2.26. The minimum Gasteiger partial charge on any atom is -0.411 e. The van der Waals surface area contributed by atoms with E-state index < -0.39 is 0 Å². The fourth-order valence-corrected chi connectivity index (χ4v) is 2.26. The summed E-state index contributed by atoms with van der Waals surface area (Å²) in [6.07, 6.45) is 0.764. The largest absolute Gasteiger partial charge is 0.411 e. The van der Waals surface area contributed by atoms with Crippen LogP contribution in [0.25, 0.3) is 11.0 Å². The second kappa shape index (κ2) is 2.82. The van der Waals surface area contributed by atoms with E-state index in [1.165, 1.54) is 0 Å². The zero-order valence-corrected chi connectivity index (χ0v) is 8.44. The lowest BCUT2D eigenvalue weighted by molar-refractivity contribution is 0.317. The third kappa shape index (κ3) is 1.02. The molecular weight excluding hydrogens is 190 g/mol. The van der Waals surface area contributed by atoms with Crippen molar-refractivity contribution in [1.82, 2.24) is 9.55 Å². The van der Waals surface area contributed by atoms with Crippen LogP contribution in [0.15, 0.2) is 23.4 Å². The fourth-order valence-electron chi connectivity index (χ4n) is 2.26. The van der Waals surface area contributed by atoms with Gasteiger partial charge in [-0.05, 0) is 13.0 Å². The van der Waals surface area contributed by atoms with Crippen molar-refractivity contribution in [2.24, 2.45) is 5.16 Å². The van der Waals surface area contributed by atoms with Gasteiger partial charge in [0.1, 0.15) is 5.82 Å². The number of rotatable bonds is 0. The average molecular weight is 201 g/mol. The van der Waals surface area contributed by atoms with Crippen molar-refractivity contribution in [2.75, 3.05) is 0 Å². The van der Waals surface area contributed by atoms with Gasteiger partial charge >= 0.3 is 0 Å². The minimum absolute atomic E-state index is 0.757. The van der Waals surface area contributed by atoms with Crippen molar-refractivity contribution >= 4 is 16.7 Å². The van der Waals surface area contributed by atoms with E-state index in [-0.39, 0.29) is 0 Å². The van der Waals surface area contributed by atoms with Crippen LogP contribution in [0.4, 0.5) is 0 Å². The van der Waals surface area contributed by atoms with Crippen LogP contribution in [0.2, 0.25) is 0 Å².